The summed E-state index contributed by atoms with van der Waals surface area (Å²) in [7, 11) is 0. The molecule has 0 spiro atoms. The fourth-order valence-corrected chi connectivity index (χ4v) is 6.06. The molecule has 5 heteroatoms. The van der Waals surface area contributed by atoms with Gasteiger partial charge in [0.2, 0.25) is 5.91 Å². The van der Waals surface area contributed by atoms with Gasteiger partial charge in [0, 0.05) is 18.9 Å². The highest BCUT2D eigenvalue weighted by molar-refractivity contribution is 6.00. The first-order valence-corrected chi connectivity index (χ1v) is 12.4. The van der Waals surface area contributed by atoms with Gasteiger partial charge in [0.15, 0.2) is 5.78 Å². The molecule has 0 bridgehead atoms. The first-order chi connectivity index (χ1) is 15.4. The molecule has 3 aliphatic rings. The molecule has 2 fully saturated rings. The quantitative estimate of drug-likeness (QED) is 0.655. The minimum atomic E-state index is -0.0664. The Morgan fingerprint density at radius 3 is 2.53 bits per heavy atom. The van der Waals surface area contributed by atoms with E-state index in [1.165, 1.54) is 12.0 Å². The maximum Gasteiger partial charge on any atom is 0.226 e. The molecule has 5 nitrogen and oxygen atoms in total. The van der Waals surface area contributed by atoms with Gasteiger partial charge in [0.25, 0.3) is 0 Å². The van der Waals surface area contributed by atoms with Crippen LogP contribution in [-0.4, -0.2) is 32.9 Å². The molecule has 5 rings (SSSR count). The van der Waals surface area contributed by atoms with Crippen LogP contribution >= 0.6 is 0 Å². The van der Waals surface area contributed by atoms with E-state index in [1.807, 2.05) is 18.2 Å². The fraction of sp³-hybridized carbons (Fsp3) is 0.593. The van der Waals surface area contributed by atoms with E-state index >= 15 is 0 Å². The van der Waals surface area contributed by atoms with Crippen LogP contribution in [0.25, 0.3) is 0 Å². The Kier molecular flexibility index (Phi) is 5.68. The molecule has 0 radical (unpaired) electrons. The van der Waals surface area contributed by atoms with Crippen molar-refractivity contribution in [3.8, 4) is 0 Å². The summed E-state index contributed by atoms with van der Waals surface area (Å²) < 4.78 is 2.06. The molecular weight excluding hydrogens is 398 g/mol. The maximum atomic E-state index is 13.4. The summed E-state index contributed by atoms with van der Waals surface area (Å²) >= 11 is 0. The third-order valence-electron chi connectivity index (χ3n) is 7.63. The average Bonchev–Trinajstić information content (AvgIpc) is 3.39. The van der Waals surface area contributed by atoms with Gasteiger partial charge >= 0.3 is 0 Å². The van der Waals surface area contributed by atoms with E-state index in [-0.39, 0.29) is 23.2 Å². The second-order valence-corrected chi connectivity index (χ2v) is 10.8. The summed E-state index contributed by atoms with van der Waals surface area (Å²) in [6, 6.07) is 10.3. The average molecular weight is 434 g/mol. The van der Waals surface area contributed by atoms with E-state index in [2.05, 4.69) is 35.6 Å². The monoisotopic (exact) mass is 433 g/mol. The highest BCUT2D eigenvalue weighted by Gasteiger charge is 2.42. The zero-order valence-corrected chi connectivity index (χ0v) is 19.5. The molecule has 0 N–H and O–H groups in total. The molecule has 1 saturated heterocycles. The van der Waals surface area contributed by atoms with Crippen molar-refractivity contribution in [3.63, 3.8) is 0 Å². The van der Waals surface area contributed by atoms with Gasteiger partial charge in [0.05, 0.1) is 29.5 Å². The van der Waals surface area contributed by atoms with Gasteiger partial charge in [-0.15, -0.1) is 0 Å². The second-order valence-electron chi connectivity index (χ2n) is 10.8. The summed E-state index contributed by atoms with van der Waals surface area (Å²) in [6.45, 7) is 5.79. The van der Waals surface area contributed by atoms with Crippen molar-refractivity contribution < 1.29 is 9.59 Å². The highest BCUT2D eigenvalue weighted by Crippen LogP contribution is 2.42. The number of nitrogens with zero attached hydrogens (tertiary/aromatic N) is 3. The van der Waals surface area contributed by atoms with Gasteiger partial charge in [-0.1, -0.05) is 63.4 Å². The van der Waals surface area contributed by atoms with Crippen molar-refractivity contribution in [2.45, 2.75) is 84.2 Å². The first-order valence-electron chi connectivity index (χ1n) is 12.4. The summed E-state index contributed by atoms with van der Waals surface area (Å²) in [5.41, 5.74) is 3.85. The SMILES string of the molecule is CC1(C)CC(=O)c2c([C@@H]3CCCN3C(=O)C3CCCCC3)nn(Cc3ccccc3)c2C1. The van der Waals surface area contributed by atoms with Crippen LogP contribution in [0.4, 0.5) is 0 Å². The molecule has 2 aromatic rings. The number of ketones is 1. The summed E-state index contributed by atoms with van der Waals surface area (Å²) in [5, 5.41) is 5.06. The molecule has 32 heavy (non-hydrogen) atoms. The number of benzene rings is 1. The van der Waals surface area contributed by atoms with Crippen LogP contribution in [0.1, 0.15) is 98.6 Å². The number of carbonyl (C=O) groups excluding carboxylic acids is 2. The maximum absolute atomic E-state index is 13.4. The zero-order valence-electron chi connectivity index (χ0n) is 19.5. The molecule has 2 heterocycles. The van der Waals surface area contributed by atoms with Crippen molar-refractivity contribution in [2.75, 3.05) is 6.54 Å². The molecule has 1 amide bonds. The van der Waals surface area contributed by atoms with Crippen molar-refractivity contribution in [1.82, 2.24) is 14.7 Å². The van der Waals surface area contributed by atoms with Gasteiger partial charge in [-0.25, -0.2) is 0 Å². The number of likely N-dealkylation sites (tertiary alicyclic amines) is 1. The number of aromatic nitrogens is 2. The largest absolute Gasteiger partial charge is 0.334 e. The van der Waals surface area contributed by atoms with Gasteiger partial charge in [0.1, 0.15) is 0 Å². The molecule has 2 aliphatic carbocycles. The van der Waals surface area contributed by atoms with E-state index in [1.54, 1.807) is 0 Å². The Morgan fingerprint density at radius 2 is 1.78 bits per heavy atom. The van der Waals surface area contributed by atoms with Crippen molar-refractivity contribution in [3.05, 3.63) is 52.8 Å². The molecule has 0 unspecified atom stereocenters. The second kappa shape index (κ2) is 8.49. The van der Waals surface area contributed by atoms with E-state index < -0.39 is 0 Å². The lowest BCUT2D eigenvalue weighted by Crippen LogP contribution is -2.37. The zero-order chi connectivity index (χ0) is 22.3. The lowest BCUT2D eigenvalue weighted by Gasteiger charge is -2.32. The predicted molar refractivity (Wildman–Crippen MR) is 124 cm³/mol. The van der Waals surface area contributed by atoms with Gasteiger partial charge < -0.3 is 4.90 Å². The van der Waals surface area contributed by atoms with E-state index in [4.69, 9.17) is 5.10 Å². The fourth-order valence-electron chi connectivity index (χ4n) is 6.06. The number of Topliss-reactive ketones (excluding diaryl/α,β-unsaturated/α-hetero) is 1. The van der Waals surface area contributed by atoms with Gasteiger partial charge in [-0.3, -0.25) is 14.3 Å². The topological polar surface area (TPSA) is 55.2 Å². The van der Waals surface area contributed by atoms with Crippen molar-refractivity contribution in [2.24, 2.45) is 11.3 Å². The summed E-state index contributed by atoms with van der Waals surface area (Å²) in [6.07, 6.45) is 8.87. The molecular formula is C27H35N3O2. The number of rotatable bonds is 4. The minimum absolute atomic E-state index is 0.0552. The Morgan fingerprint density at radius 1 is 1.03 bits per heavy atom. The lowest BCUT2D eigenvalue weighted by atomic mass is 9.75. The molecule has 1 aromatic carbocycles. The highest BCUT2D eigenvalue weighted by atomic mass is 16.2. The molecule has 1 saturated carbocycles. The number of fused-ring (bicyclic) bond motifs is 1. The summed E-state index contributed by atoms with van der Waals surface area (Å²) in [4.78, 5) is 28.9. The predicted octanol–water partition coefficient (Wildman–Crippen LogP) is 5.33. The lowest BCUT2D eigenvalue weighted by molar-refractivity contribution is -0.137. The number of amides is 1. The van der Waals surface area contributed by atoms with Gasteiger partial charge in [-0.05, 0) is 43.1 Å². The van der Waals surface area contributed by atoms with Crippen molar-refractivity contribution in [1.29, 1.82) is 0 Å². The van der Waals surface area contributed by atoms with E-state index in [0.717, 1.165) is 68.4 Å². The molecule has 1 aromatic heterocycles. The molecule has 170 valence electrons. The number of carbonyl (C=O) groups is 2. The standard InChI is InChI=1S/C27H35N3O2/c1-27(2)16-22-24(23(31)17-27)25(28-30(22)18-19-10-5-3-6-11-19)21-14-9-15-29(21)26(32)20-12-7-4-8-13-20/h3,5-6,10-11,20-21H,4,7-9,12-18H2,1-2H3/t21-/m0/s1. The Hall–Kier alpha value is -2.43. The van der Waals surface area contributed by atoms with Crippen LogP contribution in [0, 0.1) is 11.3 Å². The minimum Gasteiger partial charge on any atom is -0.334 e. The van der Waals surface area contributed by atoms with Crippen LogP contribution in [0.5, 0.6) is 0 Å². The van der Waals surface area contributed by atoms with Gasteiger partial charge in [-0.2, -0.15) is 5.10 Å². The smallest absolute Gasteiger partial charge is 0.226 e. The number of hydrogen-bond acceptors (Lipinski definition) is 3. The Balaban J connectivity index is 1.52. The van der Waals surface area contributed by atoms with E-state index in [9.17, 15) is 9.59 Å². The Labute approximate surface area is 191 Å². The number of hydrogen-bond donors (Lipinski definition) is 0. The first kappa shape index (κ1) is 21.4. The third-order valence-corrected chi connectivity index (χ3v) is 7.63. The summed E-state index contributed by atoms with van der Waals surface area (Å²) in [5.74, 6) is 0.644. The Bertz CT molecular complexity index is 1000. The molecule has 1 aliphatic heterocycles. The van der Waals surface area contributed by atoms with Crippen LogP contribution in [-0.2, 0) is 17.8 Å². The van der Waals surface area contributed by atoms with Crippen LogP contribution < -0.4 is 0 Å². The normalized spacial score (nSPS) is 23.4. The van der Waals surface area contributed by atoms with E-state index in [0.29, 0.717) is 18.9 Å². The van der Waals surface area contributed by atoms with Crippen molar-refractivity contribution >= 4 is 11.7 Å². The van der Waals surface area contributed by atoms with Crippen LogP contribution in [0.3, 0.4) is 0 Å². The van der Waals surface area contributed by atoms with Crippen LogP contribution in [0.2, 0.25) is 0 Å². The molecule has 1 atom stereocenters. The van der Waals surface area contributed by atoms with Crippen LogP contribution in [0.15, 0.2) is 30.3 Å². The third kappa shape index (κ3) is 4.02.